The molecule has 3 heteroatoms. The lowest BCUT2D eigenvalue weighted by molar-refractivity contribution is 0.855. The van der Waals surface area contributed by atoms with E-state index in [9.17, 15) is 0 Å². The van der Waals surface area contributed by atoms with Crippen molar-refractivity contribution in [3.05, 3.63) is 16.6 Å². The maximum atomic E-state index is 7.56. The fourth-order valence-electron chi connectivity index (χ4n) is 0.422. The van der Waals surface area contributed by atoms with Crippen LogP contribution in [0, 0.1) is 0 Å². The molecule has 1 aromatic rings. The first-order chi connectivity index (χ1) is 7.00. The summed E-state index contributed by atoms with van der Waals surface area (Å²) in [7, 11) is 0. The molecule has 1 rings (SSSR count). The van der Waals surface area contributed by atoms with Crippen LogP contribution in [0.5, 0.6) is 0 Å². The second-order valence-corrected chi connectivity index (χ2v) is 2.18. The van der Waals surface area contributed by atoms with E-state index in [1.54, 1.807) is 0 Å². The van der Waals surface area contributed by atoms with Crippen LogP contribution in [0.3, 0.4) is 0 Å². The molecular formula is C6H9BrN2. The van der Waals surface area contributed by atoms with Crippen molar-refractivity contribution in [3.63, 3.8) is 0 Å². The van der Waals surface area contributed by atoms with Crippen molar-refractivity contribution in [2.45, 2.75) is 19.6 Å². The van der Waals surface area contributed by atoms with Crippen LogP contribution in [0.1, 0.15) is 28.6 Å². The molecule has 1 aromatic heterocycles. The Morgan fingerprint density at radius 1 is 2.11 bits per heavy atom. The molecule has 1 heterocycles. The van der Waals surface area contributed by atoms with Gasteiger partial charge in [0.25, 0.3) is 0 Å². The molecule has 0 aromatic carbocycles. The molecule has 0 saturated carbocycles. The quantitative estimate of drug-likeness (QED) is 0.771. The summed E-state index contributed by atoms with van der Waals surface area (Å²) in [6, 6.07) is 0. The van der Waals surface area contributed by atoms with Gasteiger partial charge in [-0.25, -0.2) is 4.98 Å². The van der Waals surface area contributed by atoms with Crippen molar-refractivity contribution in [1.29, 1.82) is 0 Å². The van der Waals surface area contributed by atoms with Crippen molar-refractivity contribution in [2.24, 2.45) is 0 Å². The molecule has 0 atom stereocenters. The highest BCUT2D eigenvalue weighted by atomic mass is 79.9. The van der Waals surface area contributed by atoms with Gasteiger partial charge in [0.05, 0.1) is 6.20 Å². The molecule has 0 bridgehead atoms. The molecule has 0 aliphatic heterocycles. The maximum absolute atomic E-state index is 7.56. The number of hydrogen-bond donors (Lipinski definition) is 1. The Morgan fingerprint density at radius 2 is 3.00 bits per heavy atom. The van der Waals surface area contributed by atoms with Gasteiger partial charge >= 0.3 is 0 Å². The predicted molar refractivity (Wildman–Crippen MR) is 40.3 cm³/mol. The molecule has 0 amide bonds. The first-order valence-electron chi connectivity index (χ1n) is 5.71. The van der Waals surface area contributed by atoms with Gasteiger partial charge in [-0.15, -0.1) is 0 Å². The van der Waals surface area contributed by atoms with E-state index in [1.807, 2.05) is 0 Å². The van der Waals surface area contributed by atoms with Crippen LogP contribution in [0.15, 0.2) is 10.8 Å². The Morgan fingerprint density at radius 3 is 3.56 bits per heavy atom. The summed E-state index contributed by atoms with van der Waals surface area (Å²) in [6.45, 7) is -3.07. The highest BCUT2D eigenvalue weighted by Gasteiger charge is 1.93. The summed E-state index contributed by atoms with van der Waals surface area (Å²) < 4.78 is 51.3. The Hall–Kier alpha value is -0.310. The lowest BCUT2D eigenvalue weighted by atomic mass is 10.3. The number of nitrogens with zero attached hydrogens (tertiary/aromatic N) is 1. The van der Waals surface area contributed by atoms with Gasteiger partial charge in [-0.05, 0) is 22.3 Å². The van der Waals surface area contributed by atoms with E-state index in [0.717, 1.165) is 0 Å². The van der Waals surface area contributed by atoms with Gasteiger partial charge in [0, 0.05) is 16.0 Å². The minimum atomic E-state index is -3.07. The van der Waals surface area contributed by atoms with Gasteiger partial charge in [-0.1, -0.05) is 6.85 Å². The second-order valence-electron chi connectivity index (χ2n) is 1.33. The predicted octanol–water partition coefficient (Wildman–Crippen LogP) is 2.12. The van der Waals surface area contributed by atoms with E-state index in [1.165, 1.54) is 6.20 Å². The maximum Gasteiger partial charge on any atom is 0.106 e. The minimum absolute atomic E-state index is 0.354. The van der Waals surface area contributed by atoms with Crippen LogP contribution in [0.2, 0.25) is 0 Å². The zero-order valence-corrected chi connectivity index (χ0v) is 5.99. The standard InChI is InChI=1S/C6H9BrN2/c1-2-3-6-8-4-5(7)9-6/h4H,2-3H2,1H3,(H,8,9)/i1D3,2D2,3D2. The molecular weight excluding hydrogens is 180 g/mol. The smallest absolute Gasteiger partial charge is 0.106 e. The SMILES string of the molecule is [2H]C([2H])([2H])C([2H])([2H])C([2H])([2H])c1ncc(Br)[nH]1. The molecule has 0 unspecified atom stereocenters. The van der Waals surface area contributed by atoms with E-state index < -0.39 is 19.6 Å². The summed E-state index contributed by atoms with van der Waals surface area (Å²) in [4.78, 5) is 6.03. The number of halogens is 1. The summed E-state index contributed by atoms with van der Waals surface area (Å²) >= 11 is 2.99. The Kier molecular flexibility index (Phi) is 0.699. The van der Waals surface area contributed by atoms with Crippen LogP contribution < -0.4 is 0 Å². The summed E-state index contributed by atoms with van der Waals surface area (Å²) in [5.74, 6) is -0.361. The lowest BCUT2D eigenvalue weighted by Crippen LogP contribution is -1.83. The topological polar surface area (TPSA) is 28.7 Å². The van der Waals surface area contributed by atoms with Crippen molar-refractivity contribution in [3.8, 4) is 0 Å². The number of hydrogen-bond acceptors (Lipinski definition) is 1. The average Bonchev–Trinajstić information content (AvgIpc) is 2.49. The van der Waals surface area contributed by atoms with Gasteiger partial charge in [-0.3, -0.25) is 0 Å². The minimum Gasteiger partial charge on any atom is -0.337 e. The monoisotopic (exact) mass is 195 g/mol. The molecule has 0 spiro atoms. The third kappa shape index (κ3) is 1.82. The fourth-order valence-corrected chi connectivity index (χ4v) is 0.712. The van der Waals surface area contributed by atoms with Crippen molar-refractivity contribution >= 4 is 15.9 Å². The number of aromatic amines is 1. The number of aryl methyl sites for hydroxylation is 1. The van der Waals surface area contributed by atoms with Crippen LogP contribution in [0.4, 0.5) is 0 Å². The Balaban J connectivity index is 3.21. The van der Waals surface area contributed by atoms with E-state index in [0.29, 0.717) is 4.60 Å². The summed E-state index contributed by atoms with van der Waals surface area (Å²) in [6.07, 6.45) is -4.52. The molecule has 0 fully saturated rings. The summed E-state index contributed by atoms with van der Waals surface area (Å²) in [5.41, 5.74) is 0. The van der Waals surface area contributed by atoms with Gasteiger partial charge < -0.3 is 4.98 Å². The van der Waals surface area contributed by atoms with Crippen molar-refractivity contribution in [1.82, 2.24) is 9.97 Å². The summed E-state index contributed by atoms with van der Waals surface area (Å²) in [5, 5.41) is 0. The average molecular weight is 196 g/mol. The highest BCUT2D eigenvalue weighted by molar-refractivity contribution is 9.10. The number of aromatic nitrogens is 2. The Bertz CT molecular complexity index is 382. The van der Waals surface area contributed by atoms with E-state index >= 15 is 0 Å². The number of rotatable bonds is 2. The van der Waals surface area contributed by atoms with Crippen molar-refractivity contribution < 1.29 is 9.60 Å². The van der Waals surface area contributed by atoms with Gasteiger partial charge in [0.15, 0.2) is 0 Å². The zero-order chi connectivity index (χ0) is 12.8. The number of H-pyrrole nitrogens is 1. The van der Waals surface area contributed by atoms with Crippen LogP contribution in [-0.4, -0.2) is 9.97 Å². The second kappa shape index (κ2) is 3.01. The molecule has 2 nitrogen and oxygen atoms in total. The highest BCUT2D eigenvalue weighted by Crippen LogP contribution is 2.05. The molecule has 0 saturated heterocycles. The lowest BCUT2D eigenvalue weighted by Gasteiger charge is -1.86. The van der Waals surface area contributed by atoms with Crippen LogP contribution in [-0.2, 0) is 6.37 Å². The van der Waals surface area contributed by atoms with E-state index in [4.69, 9.17) is 9.60 Å². The number of nitrogens with one attached hydrogen (secondary N) is 1. The number of imidazole rings is 1. The molecule has 9 heavy (non-hydrogen) atoms. The first kappa shape index (κ1) is 2.09. The molecule has 0 aliphatic carbocycles. The van der Waals surface area contributed by atoms with Crippen molar-refractivity contribution in [2.75, 3.05) is 0 Å². The molecule has 0 aliphatic rings. The van der Waals surface area contributed by atoms with Gasteiger partial charge in [-0.2, -0.15) is 0 Å². The van der Waals surface area contributed by atoms with E-state index in [2.05, 4.69) is 25.9 Å². The first-order valence-corrected chi connectivity index (χ1v) is 3.00. The van der Waals surface area contributed by atoms with Crippen LogP contribution in [0.25, 0.3) is 0 Å². The van der Waals surface area contributed by atoms with E-state index in [-0.39, 0.29) is 5.82 Å². The fraction of sp³-hybridized carbons (Fsp3) is 0.500. The zero-order valence-electron chi connectivity index (χ0n) is 11.4. The molecule has 1 N–H and O–H groups in total. The third-order valence-corrected chi connectivity index (χ3v) is 1.13. The largest absolute Gasteiger partial charge is 0.337 e. The van der Waals surface area contributed by atoms with Crippen LogP contribution >= 0.6 is 15.9 Å². The molecule has 50 valence electrons. The van der Waals surface area contributed by atoms with Gasteiger partial charge in [0.2, 0.25) is 0 Å². The van der Waals surface area contributed by atoms with Gasteiger partial charge in [0.1, 0.15) is 10.4 Å². The molecule has 0 radical (unpaired) electrons. The normalized spacial score (nSPS) is 26.1. The Labute approximate surface area is 72.7 Å². The third-order valence-electron chi connectivity index (χ3n) is 0.726.